The Morgan fingerprint density at radius 3 is 3.00 bits per heavy atom. The molecule has 0 aromatic heterocycles. The van der Waals surface area contributed by atoms with Crippen LogP contribution in [0.1, 0.15) is 32.1 Å². The minimum absolute atomic E-state index is 0.0574. The Hall–Kier alpha value is -1.10. The molecule has 1 aliphatic heterocycles. The van der Waals surface area contributed by atoms with E-state index >= 15 is 0 Å². The molecule has 1 aliphatic carbocycles. The van der Waals surface area contributed by atoms with E-state index in [-0.39, 0.29) is 17.7 Å². The zero-order chi connectivity index (χ0) is 13.0. The first kappa shape index (κ1) is 13.3. The molecule has 5 nitrogen and oxygen atoms in total. The zero-order valence-corrected chi connectivity index (χ0v) is 11.1. The van der Waals surface area contributed by atoms with E-state index in [0.717, 1.165) is 19.3 Å². The third kappa shape index (κ3) is 3.22. The highest BCUT2D eigenvalue weighted by Gasteiger charge is 2.30. The number of nitrogens with zero attached hydrogens (tertiary/aromatic N) is 1. The minimum Gasteiger partial charge on any atom is -0.354 e. The number of carbonyl (C=O) groups excluding carboxylic acids is 2. The smallest absolute Gasteiger partial charge is 0.225 e. The van der Waals surface area contributed by atoms with Crippen LogP contribution in [0.2, 0.25) is 0 Å². The molecule has 0 spiro atoms. The fourth-order valence-corrected chi connectivity index (χ4v) is 2.92. The fourth-order valence-electron chi connectivity index (χ4n) is 2.92. The molecule has 1 saturated carbocycles. The van der Waals surface area contributed by atoms with Crippen LogP contribution < -0.4 is 10.6 Å². The van der Waals surface area contributed by atoms with Crippen molar-refractivity contribution in [3.8, 4) is 0 Å². The maximum atomic E-state index is 12.4. The molecular formula is C13H23N3O2. The molecule has 1 saturated heterocycles. The molecule has 18 heavy (non-hydrogen) atoms. The standard InChI is InChI=1S/C13H23N3O2/c1-14-11-4-2-3-10(9-11)13(18)16-7-5-12(17)15-6-8-16/h10-11,14H,2-9H2,1H3,(H,15,17). The number of hydrogen-bond acceptors (Lipinski definition) is 3. The average molecular weight is 253 g/mol. The summed E-state index contributed by atoms with van der Waals surface area (Å²) in [4.78, 5) is 25.6. The van der Waals surface area contributed by atoms with E-state index in [9.17, 15) is 9.59 Å². The monoisotopic (exact) mass is 253 g/mol. The first-order valence-corrected chi connectivity index (χ1v) is 6.93. The Kier molecular flexibility index (Phi) is 4.58. The van der Waals surface area contributed by atoms with Crippen LogP contribution in [0.3, 0.4) is 0 Å². The molecule has 2 unspecified atom stereocenters. The summed E-state index contributed by atoms with van der Waals surface area (Å²) in [6.07, 6.45) is 4.66. The second-order valence-electron chi connectivity index (χ2n) is 5.27. The first-order valence-electron chi connectivity index (χ1n) is 6.93. The third-order valence-corrected chi connectivity index (χ3v) is 4.06. The lowest BCUT2D eigenvalue weighted by Crippen LogP contribution is -2.42. The number of carbonyl (C=O) groups is 2. The molecule has 0 aromatic rings. The van der Waals surface area contributed by atoms with E-state index in [0.29, 0.717) is 32.1 Å². The Bertz CT molecular complexity index is 319. The van der Waals surface area contributed by atoms with Gasteiger partial charge in [-0.2, -0.15) is 0 Å². The number of hydrogen-bond donors (Lipinski definition) is 2. The Morgan fingerprint density at radius 1 is 1.39 bits per heavy atom. The fraction of sp³-hybridized carbons (Fsp3) is 0.846. The maximum Gasteiger partial charge on any atom is 0.225 e. The van der Waals surface area contributed by atoms with Gasteiger partial charge in [-0.1, -0.05) is 6.42 Å². The van der Waals surface area contributed by atoms with Crippen LogP contribution in [0.25, 0.3) is 0 Å². The van der Waals surface area contributed by atoms with Crippen LogP contribution in [0.4, 0.5) is 0 Å². The predicted octanol–water partition coefficient (Wildman–Crippen LogP) is 0.113. The molecular weight excluding hydrogens is 230 g/mol. The third-order valence-electron chi connectivity index (χ3n) is 4.06. The molecule has 2 rings (SSSR count). The summed E-state index contributed by atoms with van der Waals surface area (Å²) in [5.41, 5.74) is 0. The first-order chi connectivity index (χ1) is 8.70. The Morgan fingerprint density at radius 2 is 2.22 bits per heavy atom. The summed E-state index contributed by atoms with van der Waals surface area (Å²) in [7, 11) is 1.96. The normalized spacial score (nSPS) is 29.6. The van der Waals surface area contributed by atoms with Crippen LogP contribution in [-0.4, -0.2) is 49.4 Å². The van der Waals surface area contributed by atoms with Gasteiger partial charge in [-0.15, -0.1) is 0 Å². The summed E-state index contributed by atoms with van der Waals surface area (Å²) < 4.78 is 0. The molecule has 5 heteroatoms. The van der Waals surface area contributed by atoms with E-state index in [1.807, 2.05) is 11.9 Å². The molecule has 0 radical (unpaired) electrons. The lowest BCUT2D eigenvalue weighted by Gasteiger charge is -2.31. The van der Waals surface area contributed by atoms with Crippen molar-refractivity contribution in [1.82, 2.24) is 15.5 Å². The van der Waals surface area contributed by atoms with Gasteiger partial charge in [0, 0.05) is 38.0 Å². The van der Waals surface area contributed by atoms with E-state index < -0.39 is 0 Å². The predicted molar refractivity (Wildman–Crippen MR) is 69.0 cm³/mol. The van der Waals surface area contributed by atoms with Crippen molar-refractivity contribution in [2.45, 2.75) is 38.1 Å². The number of nitrogens with one attached hydrogen (secondary N) is 2. The van der Waals surface area contributed by atoms with E-state index in [1.165, 1.54) is 6.42 Å². The molecule has 102 valence electrons. The van der Waals surface area contributed by atoms with Crippen LogP contribution in [0.15, 0.2) is 0 Å². The average Bonchev–Trinajstić information content (AvgIpc) is 2.63. The van der Waals surface area contributed by atoms with Crippen molar-refractivity contribution in [2.24, 2.45) is 5.92 Å². The summed E-state index contributed by atoms with van der Waals surface area (Å²) in [5.74, 6) is 0.442. The minimum atomic E-state index is 0.0574. The highest BCUT2D eigenvalue weighted by atomic mass is 16.2. The van der Waals surface area contributed by atoms with E-state index in [4.69, 9.17) is 0 Å². The molecule has 2 fully saturated rings. The molecule has 2 N–H and O–H groups in total. The van der Waals surface area contributed by atoms with Crippen molar-refractivity contribution in [2.75, 3.05) is 26.7 Å². The summed E-state index contributed by atoms with van der Waals surface area (Å²) in [6.45, 7) is 1.82. The van der Waals surface area contributed by atoms with Crippen LogP contribution in [0, 0.1) is 5.92 Å². The maximum absolute atomic E-state index is 12.4. The van der Waals surface area contributed by atoms with Crippen molar-refractivity contribution >= 4 is 11.8 Å². The molecule has 0 aromatic carbocycles. The second kappa shape index (κ2) is 6.18. The van der Waals surface area contributed by atoms with Crippen LogP contribution in [-0.2, 0) is 9.59 Å². The summed E-state index contributed by atoms with van der Waals surface area (Å²) in [5, 5.41) is 6.08. The summed E-state index contributed by atoms with van der Waals surface area (Å²) >= 11 is 0. The van der Waals surface area contributed by atoms with Gasteiger partial charge in [-0.05, 0) is 26.3 Å². The van der Waals surface area contributed by atoms with Crippen LogP contribution >= 0.6 is 0 Å². The van der Waals surface area contributed by atoms with Crippen molar-refractivity contribution in [3.63, 3.8) is 0 Å². The van der Waals surface area contributed by atoms with Crippen molar-refractivity contribution in [1.29, 1.82) is 0 Å². The lowest BCUT2D eigenvalue weighted by atomic mass is 9.85. The Balaban J connectivity index is 1.91. The molecule has 2 atom stereocenters. The van der Waals surface area contributed by atoms with Crippen molar-refractivity contribution < 1.29 is 9.59 Å². The molecule has 0 bridgehead atoms. The van der Waals surface area contributed by atoms with Crippen LogP contribution in [0.5, 0.6) is 0 Å². The quantitative estimate of drug-likeness (QED) is 0.734. The van der Waals surface area contributed by atoms with Gasteiger partial charge in [-0.25, -0.2) is 0 Å². The molecule has 1 heterocycles. The highest BCUT2D eigenvalue weighted by Crippen LogP contribution is 2.26. The molecule has 2 aliphatic rings. The van der Waals surface area contributed by atoms with E-state index in [2.05, 4.69) is 10.6 Å². The number of rotatable bonds is 2. The van der Waals surface area contributed by atoms with Gasteiger partial charge in [0.15, 0.2) is 0 Å². The largest absolute Gasteiger partial charge is 0.354 e. The SMILES string of the molecule is CNC1CCCC(C(=O)N2CCNC(=O)CC2)C1. The van der Waals surface area contributed by atoms with Gasteiger partial charge in [-0.3, -0.25) is 9.59 Å². The highest BCUT2D eigenvalue weighted by molar-refractivity contribution is 5.81. The van der Waals surface area contributed by atoms with Gasteiger partial charge in [0.05, 0.1) is 0 Å². The summed E-state index contributed by atoms with van der Waals surface area (Å²) in [6, 6.07) is 0.472. The lowest BCUT2D eigenvalue weighted by molar-refractivity contribution is -0.136. The molecule has 2 amide bonds. The van der Waals surface area contributed by atoms with Gasteiger partial charge in [0.1, 0.15) is 0 Å². The van der Waals surface area contributed by atoms with Gasteiger partial charge < -0.3 is 15.5 Å². The zero-order valence-electron chi connectivity index (χ0n) is 11.1. The van der Waals surface area contributed by atoms with Gasteiger partial charge >= 0.3 is 0 Å². The van der Waals surface area contributed by atoms with Gasteiger partial charge in [0.2, 0.25) is 11.8 Å². The second-order valence-corrected chi connectivity index (χ2v) is 5.27. The van der Waals surface area contributed by atoms with Crippen molar-refractivity contribution in [3.05, 3.63) is 0 Å². The topological polar surface area (TPSA) is 61.4 Å². The van der Waals surface area contributed by atoms with Gasteiger partial charge in [0.25, 0.3) is 0 Å². The number of amides is 2. The van der Waals surface area contributed by atoms with E-state index in [1.54, 1.807) is 0 Å². The Labute approximate surface area is 108 Å².